The molecule has 78 valence electrons. The van der Waals surface area contributed by atoms with Crippen molar-refractivity contribution in [1.82, 2.24) is 9.55 Å². The molecule has 0 radical (unpaired) electrons. The van der Waals surface area contributed by atoms with Crippen molar-refractivity contribution in [3.05, 3.63) is 48.8 Å². The predicted octanol–water partition coefficient (Wildman–Crippen LogP) is 1.80. The third-order valence-electron chi connectivity index (χ3n) is 2.42. The Morgan fingerprint density at radius 2 is 2.07 bits per heavy atom. The number of imidazole rings is 1. The highest BCUT2D eigenvalue weighted by Gasteiger charge is 2.06. The van der Waals surface area contributed by atoms with Crippen LogP contribution in [0.2, 0.25) is 0 Å². The summed E-state index contributed by atoms with van der Waals surface area (Å²) in [6.07, 6.45) is 9.99. The van der Waals surface area contributed by atoms with Gasteiger partial charge in [0.2, 0.25) is 6.33 Å². The zero-order valence-corrected chi connectivity index (χ0v) is 9.17. The maximum absolute atomic E-state index is 4.01. The average Bonchev–Trinajstić information content (AvgIpc) is 2.68. The summed E-state index contributed by atoms with van der Waals surface area (Å²) in [6, 6.07) is 4.60. The van der Waals surface area contributed by atoms with Crippen molar-refractivity contribution in [2.75, 3.05) is 0 Å². The molecule has 0 N–H and O–H groups in total. The fraction of sp³-hybridized carbons (Fsp3) is 0.333. The van der Waals surface area contributed by atoms with E-state index in [0.29, 0.717) is 6.04 Å². The van der Waals surface area contributed by atoms with Gasteiger partial charge in [-0.1, -0.05) is 0 Å². The lowest BCUT2D eigenvalue weighted by Crippen LogP contribution is -2.31. The van der Waals surface area contributed by atoms with Crippen LogP contribution in [-0.2, 0) is 6.54 Å². The van der Waals surface area contributed by atoms with Gasteiger partial charge in [-0.05, 0) is 31.5 Å². The van der Waals surface area contributed by atoms with Gasteiger partial charge in [-0.3, -0.25) is 4.98 Å². The lowest BCUT2D eigenvalue weighted by Gasteiger charge is -1.98. The van der Waals surface area contributed by atoms with Crippen molar-refractivity contribution < 1.29 is 4.57 Å². The van der Waals surface area contributed by atoms with E-state index in [1.807, 2.05) is 24.5 Å². The normalized spacial score (nSPS) is 10.9. The Labute approximate surface area is 90.0 Å². The van der Waals surface area contributed by atoms with Crippen LogP contribution in [0.15, 0.2) is 43.2 Å². The topological polar surface area (TPSA) is 21.7 Å². The van der Waals surface area contributed by atoms with E-state index in [0.717, 1.165) is 6.54 Å². The van der Waals surface area contributed by atoms with Crippen LogP contribution in [0.3, 0.4) is 0 Å². The SMILES string of the molecule is CC(C)n1cc[n+](Cc2ccncc2)c1. The summed E-state index contributed by atoms with van der Waals surface area (Å²) >= 11 is 0. The van der Waals surface area contributed by atoms with Crippen LogP contribution in [-0.4, -0.2) is 9.55 Å². The third kappa shape index (κ3) is 2.43. The van der Waals surface area contributed by atoms with Gasteiger partial charge in [0.05, 0.1) is 6.04 Å². The van der Waals surface area contributed by atoms with Crippen molar-refractivity contribution in [2.45, 2.75) is 26.4 Å². The molecule has 0 unspecified atom stereocenters. The lowest BCUT2D eigenvalue weighted by atomic mass is 10.3. The van der Waals surface area contributed by atoms with E-state index in [2.05, 4.69) is 46.7 Å². The summed E-state index contributed by atoms with van der Waals surface area (Å²) in [6.45, 7) is 5.26. The summed E-state index contributed by atoms with van der Waals surface area (Å²) in [5, 5.41) is 0. The highest BCUT2D eigenvalue weighted by molar-refractivity contribution is 5.07. The molecule has 0 fully saturated rings. The van der Waals surface area contributed by atoms with Crippen molar-refractivity contribution >= 4 is 0 Å². The maximum Gasteiger partial charge on any atom is 0.244 e. The zero-order valence-electron chi connectivity index (χ0n) is 9.17. The molecular formula is C12H16N3+. The Morgan fingerprint density at radius 1 is 1.33 bits per heavy atom. The molecule has 2 heterocycles. The Balaban J connectivity index is 2.12. The minimum atomic E-state index is 0.517. The molecule has 15 heavy (non-hydrogen) atoms. The van der Waals surface area contributed by atoms with Crippen molar-refractivity contribution in [2.24, 2.45) is 0 Å². The van der Waals surface area contributed by atoms with E-state index in [1.165, 1.54) is 5.56 Å². The van der Waals surface area contributed by atoms with Crippen LogP contribution < -0.4 is 4.57 Å². The first-order valence-electron chi connectivity index (χ1n) is 5.21. The largest absolute Gasteiger partial charge is 0.265 e. The highest BCUT2D eigenvalue weighted by atomic mass is 15.1. The number of hydrogen-bond donors (Lipinski definition) is 0. The molecule has 2 rings (SSSR count). The molecular weight excluding hydrogens is 186 g/mol. The van der Waals surface area contributed by atoms with Gasteiger partial charge in [0.15, 0.2) is 0 Å². The summed E-state index contributed by atoms with van der Waals surface area (Å²) < 4.78 is 4.37. The first-order valence-corrected chi connectivity index (χ1v) is 5.21. The number of aromatic nitrogens is 3. The minimum Gasteiger partial charge on any atom is -0.265 e. The molecule has 0 aliphatic carbocycles. The third-order valence-corrected chi connectivity index (χ3v) is 2.42. The second-order valence-electron chi connectivity index (χ2n) is 3.98. The molecule has 0 aromatic carbocycles. The zero-order chi connectivity index (χ0) is 10.7. The van der Waals surface area contributed by atoms with Crippen molar-refractivity contribution in [3.63, 3.8) is 0 Å². The molecule has 0 aliphatic heterocycles. The van der Waals surface area contributed by atoms with Crippen molar-refractivity contribution in [1.29, 1.82) is 0 Å². The second kappa shape index (κ2) is 4.26. The van der Waals surface area contributed by atoms with E-state index in [1.54, 1.807) is 0 Å². The van der Waals surface area contributed by atoms with Gasteiger partial charge in [-0.2, -0.15) is 0 Å². The van der Waals surface area contributed by atoms with Gasteiger partial charge in [-0.15, -0.1) is 0 Å². The first-order chi connectivity index (χ1) is 7.25. The smallest absolute Gasteiger partial charge is 0.244 e. The highest BCUT2D eigenvalue weighted by Crippen LogP contribution is 2.01. The lowest BCUT2D eigenvalue weighted by molar-refractivity contribution is -0.687. The molecule has 2 aromatic rings. The Hall–Kier alpha value is -1.64. The predicted molar refractivity (Wildman–Crippen MR) is 58.4 cm³/mol. The van der Waals surface area contributed by atoms with E-state index in [9.17, 15) is 0 Å². The minimum absolute atomic E-state index is 0.517. The van der Waals surface area contributed by atoms with Gasteiger partial charge >= 0.3 is 0 Å². The maximum atomic E-state index is 4.01. The van der Waals surface area contributed by atoms with Crippen LogP contribution in [0.1, 0.15) is 25.5 Å². The molecule has 0 amide bonds. The van der Waals surface area contributed by atoms with E-state index in [-0.39, 0.29) is 0 Å². The van der Waals surface area contributed by atoms with Gasteiger partial charge < -0.3 is 0 Å². The summed E-state index contributed by atoms with van der Waals surface area (Å²) in [5.74, 6) is 0. The number of nitrogens with zero attached hydrogens (tertiary/aromatic N) is 3. The Morgan fingerprint density at radius 3 is 2.67 bits per heavy atom. The molecule has 2 aromatic heterocycles. The molecule has 0 aliphatic rings. The summed E-state index contributed by atoms with van der Waals surface area (Å²) in [4.78, 5) is 4.01. The fourth-order valence-corrected chi connectivity index (χ4v) is 1.51. The van der Waals surface area contributed by atoms with Crippen molar-refractivity contribution in [3.8, 4) is 0 Å². The first kappa shape index (κ1) is 9.90. The summed E-state index contributed by atoms with van der Waals surface area (Å²) in [7, 11) is 0. The van der Waals surface area contributed by atoms with E-state index in [4.69, 9.17) is 0 Å². The van der Waals surface area contributed by atoms with Crippen LogP contribution in [0, 0.1) is 0 Å². The Bertz CT molecular complexity index is 417. The van der Waals surface area contributed by atoms with Crippen LogP contribution >= 0.6 is 0 Å². The van der Waals surface area contributed by atoms with Gasteiger partial charge in [0.1, 0.15) is 18.9 Å². The molecule has 0 saturated carbocycles. The molecule has 3 nitrogen and oxygen atoms in total. The van der Waals surface area contributed by atoms with E-state index >= 15 is 0 Å². The molecule has 0 atom stereocenters. The average molecular weight is 202 g/mol. The Kier molecular flexibility index (Phi) is 2.81. The van der Waals surface area contributed by atoms with Gasteiger partial charge in [-0.25, -0.2) is 9.13 Å². The standard InChI is InChI=1S/C12H16N3/c1-11(2)15-8-7-14(10-15)9-12-3-5-13-6-4-12/h3-8,10-11H,9H2,1-2H3/q+1. The summed E-state index contributed by atoms with van der Waals surface area (Å²) in [5.41, 5.74) is 1.27. The number of rotatable bonds is 3. The molecule has 0 spiro atoms. The van der Waals surface area contributed by atoms with Gasteiger partial charge in [0.25, 0.3) is 0 Å². The van der Waals surface area contributed by atoms with E-state index < -0.39 is 0 Å². The van der Waals surface area contributed by atoms with Gasteiger partial charge in [0, 0.05) is 12.4 Å². The quantitative estimate of drug-likeness (QED) is 0.695. The fourth-order valence-electron chi connectivity index (χ4n) is 1.51. The molecule has 3 heteroatoms. The number of hydrogen-bond acceptors (Lipinski definition) is 1. The molecule has 0 bridgehead atoms. The monoisotopic (exact) mass is 202 g/mol. The van der Waals surface area contributed by atoms with Crippen LogP contribution in [0.4, 0.5) is 0 Å². The van der Waals surface area contributed by atoms with Crippen LogP contribution in [0.25, 0.3) is 0 Å². The second-order valence-corrected chi connectivity index (χ2v) is 3.98. The molecule has 0 saturated heterocycles. The number of pyridine rings is 1. The van der Waals surface area contributed by atoms with Crippen LogP contribution in [0.5, 0.6) is 0 Å².